The van der Waals surface area contributed by atoms with E-state index in [-0.39, 0.29) is 5.82 Å². The number of rotatable bonds is 2. The molecule has 3 aromatic rings. The fourth-order valence-electron chi connectivity index (χ4n) is 2.07. The van der Waals surface area contributed by atoms with Crippen LogP contribution in [0.1, 0.15) is 10.4 Å². The van der Waals surface area contributed by atoms with Crippen LogP contribution in [0.25, 0.3) is 16.9 Å². The fraction of sp³-hybridized carbons (Fsp3) is 0.0769. The largest absolute Gasteiger partial charge is 0.465 e. The normalized spacial score (nSPS) is 10.7. The number of hydrogen-bond donors (Lipinski definition) is 2. The van der Waals surface area contributed by atoms with Crippen LogP contribution in [0, 0.1) is 0 Å². The van der Waals surface area contributed by atoms with Gasteiger partial charge in [-0.3, -0.25) is 0 Å². The van der Waals surface area contributed by atoms with Crippen molar-refractivity contribution in [3.8, 4) is 5.69 Å². The molecule has 2 heterocycles. The summed E-state index contributed by atoms with van der Waals surface area (Å²) in [7, 11) is 1.29. The van der Waals surface area contributed by atoms with Crippen molar-refractivity contribution in [2.24, 2.45) is 0 Å². The minimum absolute atomic E-state index is 0.181. The number of benzene rings is 1. The maximum absolute atomic E-state index is 12.1. The first-order valence-electron chi connectivity index (χ1n) is 6.02. The Hall–Kier alpha value is -3.16. The zero-order valence-electron chi connectivity index (χ0n) is 11.0. The maximum atomic E-state index is 12.1. The molecule has 21 heavy (non-hydrogen) atoms. The maximum Gasteiger partial charge on any atom is 0.337 e. The molecule has 0 atom stereocenters. The Morgan fingerprint density at radius 3 is 2.95 bits per heavy atom. The Morgan fingerprint density at radius 2 is 2.19 bits per heavy atom. The molecule has 2 aromatic heterocycles. The van der Waals surface area contributed by atoms with E-state index in [0.29, 0.717) is 22.4 Å². The first-order chi connectivity index (χ1) is 10.1. The summed E-state index contributed by atoms with van der Waals surface area (Å²) in [5, 5.41) is 0. The second kappa shape index (κ2) is 4.75. The molecule has 0 spiro atoms. The molecule has 0 radical (unpaired) electrons. The molecule has 0 aliphatic rings. The van der Waals surface area contributed by atoms with Crippen molar-refractivity contribution < 1.29 is 9.53 Å². The molecule has 106 valence electrons. The lowest BCUT2D eigenvalue weighted by Gasteiger charge is -2.05. The molecule has 8 heteroatoms. The Labute approximate surface area is 118 Å². The first-order valence-corrected chi connectivity index (χ1v) is 6.02. The number of nitrogens with one attached hydrogen (secondary N) is 1. The summed E-state index contributed by atoms with van der Waals surface area (Å²) in [6.07, 6.45) is 1.27. The van der Waals surface area contributed by atoms with Crippen LogP contribution in [0.5, 0.6) is 0 Å². The number of esters is 1. The third-order valence-corrected chi connectivity index (χ3v) is 3.03. The van der Waals surface area contributed by atoms with Gasteiger partial charge in [0, 0.05) is 0 Å². The van der Waals surface area contributed by atoms with E-state index < -0.39 is 11.7 Å². The Kier molecular flexibility index (Phi) is 2.90. The van der Waals surface area contributed by atoms with Crippen molar-refractivity contribution in [1.29, 1.82) is 0 Å². The molecule has 3 rings (SSSR count). The van der Waals surface area contributed by atoms with E-state index in [1.165, 1.54) is 18.0 Å². The summed E-state index contributed by atoms with van der Waals surface area (Å²) >= 11 is 0. The van der Waals surface area contributed by atoms with Gasteiger partial charge >= 0.3 is 11.7 Å². The predicted octanol–water partition coefficient (Wildman–Crippen LogP) is 0.478. The molecule has 3 N–H and O–H groups in total. The number of nitrogen functional groups attached to an aromatic ring is 1. The zero-order chi connectivity index (χ0) is 15.0. The smallest absolute Gasteiger partial charge is 0.337 e. The van der Waals surface area contributed by atoms with Crippen LogP contribution in [0.2, 0.25) is 0 Å². The molecular weight excluding hydrogens is 274 g/mol. The standard InChI is InChI=1S/C13H11N5O3/c1-21-12(19)7-3-2-4-8(5-7)18-11-9(17-13(18)20)10(14)15-6-16-11/h2-6H,1H3,(H,17,20)(H2,14,15,16). The van der Waals surface area contributed by atoms with E-state index in [1.54, 1.807) is 24.3 Å². The number of fused-ring (bicyclic) bond motifs is 1. The SMILES string of the molecule is COC(=O)c1cccc(-n2c(=O)[nH]c3c(N)ncnc32)c1. The average Bonchev–Trinajstić information content (AvgIpc) is 2.84. The van der Waals surface area contributed by atoms with Crippen LogP contribution in [-0.4, -0.2) is 32.6 Å². The van der Waals surface area contributed by atoms with Gasteiger partial charge in [0.05, 0.1) is 18.4 Å². The minimum atomic E-state index is -0.487. The predicted molar refractivity (Wildman–Crippen MR) is 75.2 cm³/mol. The fourth-order valence-corrected chi connectivity index (χ4v) is 2.07. The highest BCUT2D eigenvalue weighted by molar-refractivity contribution is 5.90. The van der Waals surface area contributed by atoms with Crippen LogP contribution in [-0.2, 0) is 4.74 Å². The highest BCUT2D eigenvalue weighted by atomic mass is 16.5. The molecule has 0 unspecified atom stereocenters. The average molecular weight is 285 g/mol. The monoisotopic (exact) mass is 285 g/mol. The number of nitrogens with zero attached hydrogens (tertiary/aromatic N) is 3. The summed E-state index contributed by atoms with van der Waals surface area (Å²) in [5.41, 5.74) is 6.80. The second-order valence-corrected chi connectivity index (χ2v) is 4.26. The quantitative estimate of drug-likeness (QED) is 0.661. The van der Waals surface area contributed by atoms with E-state index in [1.807, 2.05) is 0 Å². The van der Waals surface area contributed by atoms with Gasteiger partial charge < -0.3 is 15.5 Å². The molecule has 0 amide bonds. The third kappa shape index (κ3) is 2.02. The molecule has 0 aliphatic heterocycles. The Balaban J connectivity index is 2.26. The van der Waals surface area contributed by atoms with Gasteiger partial charge in [0.25, 0.3) is 0 Å². The molecule has 0 saturated heterocycles. The van der Waals surface area contributed by atoms with Crippen molar-refractivity contribution in [3.05, 3.63) is 46.6 Å². The first kappa shape index (κ1) is 12.9. The van der Waals surface area contributed by atoms with E-state index >= 15 is 0 Å². The highest BCUT2D eigenvalue weighted by Gasteiger charge is 2.14. The lowest BCUT2D eigenvalue weighted by atomic mass is 10.2. The number of ether oxygens (including phenoxy) is 1. The lowest BCUT2D eigenvalue weighted by molar-refractivity contribution is 0.0600. The topological polar surface area (TPSA) is 116 Å². The summed E-state index contributed by atoms with van der Waals surface area (Å²) in [6.45, 7) is 0. The van der Waals surface area contributed by atoms with Gasteiger partial charge in [0.2, 0.25) is 0 Å². The van der Waals surface area contributed by atoms with E-state index in [9.17, 15) is 9.59 Å². The van der Waals surface area contributed by atoms with Crippen LogP contribution in [0.4, 0.5) is 5.82 Å². The van der Waals surface area contributed by atoms with E-state index in [4.69, 9.17) is 5.73 Å². The van der Waals surface area contributed by atoms with Gasteiger partial charge in [-0.15, -0.1) is 0 Å². The highest BCUT2D eigenvalue weighted by Crippen LogP contribution is 2.17. The second-order valence-electron chi connectivity index (χ2n) is 4.26. The summed E-state index contributed by atoms with van der Waals surface area (Å²) in [6, 6.07) is 6.47. The van der Waals surface area contributed by atoms with Crippen molar-refractivity contribution in [2.75, 3.05) is 12.8 Å². The van der Waals surface area contributed by atoms with Crippen molar-refractivity contribution in [2.45, 2.75) is 0 Å². The number of hydrogen-bond acceptors (Lipinski definition) is 6. The number of aromatic nitrogens is 4. The minimum Gasteiger partial charge on any atom is -0.465 e. The van der Waals surface area contributed by atoms with Gasteiger partial charge in [-0.2, -0.15) is 0 Å². The van der Waals surface area contributed by atoms with Gasteiger partial charge in [0.15, 0.2) is 11.5 Å². The number of H-pyrrole nitrogens is 1. The van der Waals surface area contributed by atoms with Crippen LogP contribution < -0.4 is 11.4 Å². The molecule has 1 aromatic carbocycles. The lowest BCUT2D eigenvalue weighted by Crippen LogP contribution is -2.15. The summed E-state index contributed by atoms with van der Waals surface area (Å²) in [4.78, 5) is 34.2. The number of carbonyl (C=O) groups excluding carboxylic acids is 1. The van der Waals surface area contributed by atoms with Gasteiger partial charge in [-0.25, -0.2) is 24.1 Å². The molecule has 0 fully saturated rings. The number of imidazole rings is 1. The number of anilines is 1. The van der Waals surface area contributed by atoms with Gasteiger partial charge in [-0.1, -0.05) is 6.07 Å². The summed E-state index contributed by atoms with van der Waals surface area (Å²) < 4.78 is 5.98. The Bertz CT molecular complexity index is 896. The van der Waals surface area contributed by atoms with Crippen LogP contribution in [0.3, 0.4) is 0 Å². The van der Waals surface area contributed by atoms with Crippen molar-refractivity contribution in [1.82, 2.24) is 19.5 Å². The molecule has 0 saturated carbocycles. The van der Waals surface area contributed by atoms with Gasteiger partial charge in [0.1, 0.15) is 11.8 Å². The number of carbonyl (C=O) groups is 1. The summed E-state index contributed by atoms with van der Waals surface area (Å²) in [5.74, 6) is -0.307. The number of methoxy groups -OCH3 is 1. The molecular formula is C13H11N5O3. The van der Waals surface area contributed by atoms with Gasteiger partial charge in [-0.05, 0) is 18.2 Å². The van der Waals surface area contributed by atoms with Crippen LogP contribution in [0.15, 0.2) is 35.4 Å². The zero-order valence-corrected chi connectivity index (χ0v) is 11.0. The Morgan fingerprint density at radius 1 is 1.38 bits per heavy atom. The van der Waals surface area contributed by atoms with E-state index in [2.05, 4.69) is 19.7 Å². The third-order valence-electron chi connectivity index (χ3n) is 3.03. The van der Waals surface area contributed by atoms with E-state index in [0.717, 1.165) is 0 Å². The number of nitrogens with two attached hydrogens (primary N) is 1. The molecule has 0 aliphatic carbocycles. The van der Waals surface area contributed by atoms with Crippen LogP contribution >= 0.6 is 0 Å². The van der Waals surface area contributed by atoms with Crippen molar-refractivity contribution in [3.63, 3.8) is 0 Å². The molecule has 0 bridgehead atoms. The number of aromatic amines is 1. The van der Waals surface area contributed by atoms with Crippen molar-refractivity contribution >= 4 is 23.0 Å². The molecule has 8 nitrogen and oxygen atoms in total.